The van der Waals surface area contributed by atoms with Crippen molar-refractivity contribution in [3.8, 4) is 0 Å². The number of benzene rings is 2. The molecular weight excluding hydrogens is 356 g/mol. The van der Waals surface area contributed by atoms with E-state index in [0.29, 0.717) is 16.3 Å². The molecule has 3 rings (SSSR count). The van der Waals surface area contributed by atoms with Gasteiger partial charge in [-0.1, -0.05) is 53.7 Å². The first-order valence-corrected chi connectivity index (χ1v) is 8.64. The van der Waals surface area contributed by atoms with Crippen molar-refractivity contribution in [3.63, 3.8) is 0 Å². The van der Waals surface area contributed by atoms with Gasteiger partial charge in [0.2, 0.25) is 0 Å². The van der Waals surface area contributed by atoms with Gasteiger partial charge in [-0.05, 0) is 30.3 Å². The lowest BCUT2D eigenvalue weighted by Crippen LogP contribution is -2.26. The van der Waals surface area contributed by atoms with Gasteiger partial charge < -0.3 is 10.6 Å². The monoisotopic (exact) mass is 370 g/mol. The van der Waals surface area contributed by atoms with Crippen LogP contribution in [0.4, 0.5) is 11.4 Å². The van der Waals surface area contributed by atoms with Gasteiger partial charge in [-0.2, -0.15) is 0 Å². The lowest BCUT2D eigenvalue weighted by Gasteiger charge is -2.17. The molecule has 0 aliphatic heterocycles. The molecule has 5 nitrogen and oxygen atoms in total. The van der Waals surface area contributed by atoms with E-state index in [1.165, 1.54) is 16.7 Å². The van der Waals surface area contributed by atoms with Crippen LogP contribution in [0.5, 0.6) is 0 Å². The Labute approximate surface area is 154 Å². The zero-order chi connectivity index (χ0) is 17.8. The molecule has 0 aliphatic rings. The highest BCUT2D eigenvalue weighted by Gasteiger charge is 2.19. The summed E-state index contributed by atoms with van der Waals surface area (Å²) in [4.78, 5) is 15.1. The fraction of sp³-hybridized carbons (Fsp3) is 0.0556. The summed E-state index contributed by atoms with van der Waals surface area (Å²) in [5.41, 5.74) is 7.64. The van der Waals surface area contributed by atoms with Gasteiger partial charge in [-0.25, -0.2) is 0 Å². The van der Waals surface area contributed by atoms with E-state index in [4.69, 9.17) is 17.3 Å². The number of nitrogens with zero attached hydrogens (tertiary/aromatic N) is 3. The number of para-hydroxylation sites is 2. The smallest absolute Gasteiger partial charge is 0.261 e. The first kappa shape index (κ1) is 17.3. The van der Waals surface area contributed by atoms with Crippen molar-refractivity contribution in [1.29, 1.82) is 0 Å². The van der Waals surface area contributed by atoms with Crippen LogP contribution in [-0.2, 0) is 0 Å². The first-order chi connectivity index (χ1) is 12.1. The van der Waals surface area contributed by atoms with Crippen LogP contribution < -0.4 is 10.6 Å². The molecule has 0 saturated heterocycles. The normalized spacial score (nSPS) is 10.5. The topological polar surface area (TPSA) is 72.1 Å². The number of amides is 1. The summed E-state index contributed by atoms with van der Waals surface area (Å²) >= 11 is 7.44. The van der Waals surface area contributed by atoms with Crippen LogP contribution in [0.15, 0.2) is 70.6 Å². The second kappa shape index (κ2) is 7.55. The molecule has 7 heteroatoms. The largest absolute Gasteiger partial charge is 0.398 e. The third kappa shape index (κ3) is 3.92. The summed E-state index contributed by atoms with van der Waals surface area (Å²) in [7, 11) is 1.69. The number of hydrogen-bond acceptors (Lipinski definition) is 5. The van der Waals surface area contributed by atoms with Crippen molar-refractivity contribution < 1.29 is 4.79 Å². The van der Waals surface area contributed by atoms with Crippen LogP contribution in [-0.4, -0.2) is 23.2 Å². The fourth-order valence-corrected chi connectivity index (χ4v) is 3.18. The van der Waals surface area contributed by atoms with Crippen molar-refractivity contribution in [2.75, 3.05) is 17.7 Å². The number of rotatable bonds is 4. The molecule has 1 aromatic heterocycles. The molecule has 0 saturated carbocycles. The molecule has 2 aromatic carbocycles. The summed E-state index contributed by atoms with van der Waals surface area (Å²) in [6.07, 6.45) is 0. The maximum Gasteiger partial charge on any atom is 0.261 e. The van der Waals surface area contributed by atoms with Gasteiger partial charge in [0, 0.05) is 23.3 Å². The average Bonchev–Trinajstić information content (AvgIpc) is 2.64. The zero-order valence-corrected chi connectivity index (χ0v) is 15.0. The molecule has 0 bridgehead atoms. The van der Waals surface area contributed by atoms with E-state index < -0.39 is 0 Å². The Kier molecular flexibility index (Phi) is 5.21. The summed E-state index contributed by atoms with van der Waals surface area (Å²) < 4.78 is 0. The molecule has 126 valence electrons. The van der Waals surface area contributed by atoms with Gasteiger partial charge in [0.1, 0.15) is 5.03 Å². The highest BCUT2D eigenvalue weighted by Crippen LogP contribution is 2.31. The first-order valence-electron chi connectivity index (χ1n) is 7.45. The van der Waals surface area contributed by atoms with Crippen molar-refractivity contribution in [1.82, 2.24) is 10.2 Å². The summed E-state index contributed by atoms with van der Waals surface area (Å²) in [5.74, 6) is -0.256. The highest BCUT2D eigenvalue weighted by molar-refractivity contribution is 7.99. The molecule has 0 unspecified atom stereocenters. The van der Waals surface area contributed by atoms with Crippen molar-refractivity contribution in [3.05, 3.63) is 71.4 Å². The van der Waals surface area contributed by atoms with E-state index in [1.807, 2.05) is 48.5 Å². The minimum atomic E-state index is -0.256. The van der Waals surface area contributed by atoms with Crippen molar-refractivity contribution in [2.24, 2.45) is 0 Å². The molecule has 0 radical (unpaired) electrons. The Hall–Kier alpha value is -2.57. The molecule has 1 amide bonds. The predicted molar refractivity (Wildman–Crippen MR) is 101 cm³/mol. The standard InChI is InChI=1S/C18H15ClN4OS/c1-23(12-7-3-2-4-8-12)18(24)13-11-16(21-22-17(13)19)25-15-10-6-5-9-14(15)20/h2-11H,20H2,1H3. The van der Waals surface area contributed by atoms with Crippen LogP contribution in [0.3, 0.4) is 0 Å². The fourth-order valence-electron chi connectivity index (χ4n) is 2.19. The van der Waals surface area contributed by atoms with Crippen molar-refractivity contribution in [2.45, 2.75) is 9.92 Å². The Morgan fingerprint density at radius 3 is 2.48 bits per heavy atom. The Morgan fingerprint density at radius 2 is 1.76 bits per heavy atom. The van der Waals surface area contributed by atoms with Crippen LogP contribution >= 0.6 is 23.4 Å². The van der Waals surface area contributed by atoms with Gasteiger partial charge in [0.15, 0.2) is 5.15 Å². The minimum Gasteiger partial charge on any atom is -0.398 e. The molecule has 3 aromatic rings. The van der Waals surface area contributed by atoms with Crippen LogP contribution in [0.25, 0.3) is 0 Å². The number of aromatic nitrogens is 2. The lowest BCUT2D eigenvalue weighted by molar-refractivity contribution is 0.0992. The molecule has 2 N–H and O–H groups in total. The Bertz CT molecular complexity index is 905. The maximum atomic E-state index is 12.8. The third-order valence-electron chi connectivity index (χ3n) is 3.54. The van der Waals surface area contributed by atoms with Gasteiger partial charge in [0.05, 0.1) is 5.56 Å². The number of carbonyl (C=O) groups excluding carboxylic acids is 1. The molecule has 0 fully saturated rings. The number of carbonyl (C=O) groups is 1. The van der Waals surface area contributed by atoms with E-state index in [9.17, 15) is 4.79 Å². The molecule has 1 heterocycles. The molecule has 25 heavy (non-hydrogen) atoms. The van der Waals surface area contributed by atoms with Gasteiger partial charge in [-0.15, -0.1) is 10.2 Å². The third-order valence-corrected chi connectivity index (χ3v) is 4.82. The molecule has 0 spiro atoms. The number of nitrogens with two attached hydrogens (primary N) is 1. The number of nitrogen functional groups attached to an aromatic ring is 1. The van der Waals surface area contributed by atoms with Crippen LogP contribution in [0.1, 0.15) is 10.4 Å². The van der Waals surface area contributed by atoms with Crippen LogP contribution in [0.2, 0.25) is 5.15 Å². The minimum absolute atomic E-state index is 0.0677. The van der Waals surface area contributed by atoms with E-state index >= 15 is 0 Å². The average molecular weight is 371 g/mol. The van der Waals surface area contributed by atoms with E-state index in [0.717, 1.165) is 10.6 Å². The lowest BCUT2D eigenvalue weighted by atomic mass is 10.2. The number of anilines is 2. The van der Waals surface area contributed by atoms with E-state index in [1.54, 1.807) is 19.2 Å². The quantitative estimate of drug-likeness (QED) is 0.699. The molecule has 0 aliphatic carbocycles. The number of hydrogen-bond donors (Lipinski definition) is 1. The van der Waals surface area contributed by atoms with Gasteiger partial charge in [0.25, 0.3) is 5.91 Å². The van der Waals surface area contributed by atoms with E-state index in [-0.39, 0.29) is 11.1 Å². The second-order valence-electron chi connectivity index (χ2n) is 5.23. The van der Waals surface area contributed by atoms with E-state index in [2.05, 4.69) is 10.2 Å². The highest BCUT2D eigenvalue weighted by atomic mass is 35.5. The Balaban J connectivity index is 1.89. The van der Waals surface area contributed by atoms with Crippen LogP contribution in [0, 0.1) is 0 Å². The van der Waals surface area contributed by atoms with Crippen molar-refractivity contribution >= 4 is 40.6 Å². The zero-order valence-electron chi connectivity index (χ0n) is 13.4. The second-order valence-corrected chi connectivity index (χ2v) is 6.65. The molecular formula is C18H15ClN4OS. The maximum absolute atomic E-state index is 12.8. The Morgan fingerprint density at radius 1 is 1.08 bits per heavy atom. The summed E-state index contributed by atoms with van der Waals surface area (Å²) in [5, 5.41) is 8.57. The number of halogens is 1. The van der Waals surface area contributed by atoms with Gasteiger partial charge in [-0.3, -0.25) is 4.79 Å². The molecule has 0 atom stereocenters. The predicted octanol–water partition coefficient (Wildman–Crippen LogP) is 4.14. The van der Waals surface area contributed by atoms with Gasteiger partial charge >= 0.3 is 0 Å². The summed E-state index contributed by atoms with van der Waals surface area (Å²) in [6.45, 7) is 0. The SMILES string of the molecule is CN(C(=O)c1cc(Sc2ccccc2N)nnc1Cl)c1ccccc1. The summed E-state index contributed by atoms with van der Waals surface area (Å²) in [6, 6.07) is 18.4.